The summed E-state index contributed by atoms with van der Waals surface area (Å²) in [5.41, 5.74) is 1.62. The first kappa shape index (κ1) is 21.3. The molecule has 156 valence electrons. The van der Waals surface area contributed by atoms with Crippen molar-refractivity contribution in [2.24, 2.45) is 11.8 Å². The summed E-state index contributed by atoms with van der Waals surface area (Å²) >= 11 is 0. The predicted molar refractivity (Wildman–Crippen MR) is 114 cm³/mol. The lowest BCUT2D eigenvalue weighted by Gasteiger charge is -2.37. The highest BCUT2D eigenvalue weighted by atomic mass is 19.1. The van der Waals surface area contributed by atoms with Crippen LogP contribution < -0.4 is 10.1 Å². The van der Waals surface area contributed by atoms with Gasteiger partial charge in [-0.3, -0.25) is 4.79 Å². The number of para-hydroxylation sites is 1. The van der Waals surface area contributed by atoms with E-state index in [1.54, 1.807) is 31.4 Å². The number of halogens is 1. The summed E-state index contributed by atoms with van der Waals surface area (Å²) in [6.07, 6.45) is 4.29. The third-order valence-electron chi connectivity index (χ3n) is 5.99. The van der Waals surface area contributed by atoms with E-state index < -0.39 is 0 Å². The zero-order chi connectivity index (χ0) is 20.8. The van der Waals surface area contributed by atoms with Gasteiger partial charge in [0.2, 0.25) is 0 Å². The molecule has 1 unspecified atom stereocenters. The van der Waals surface area contributed by atoms with E-state index >= 15 is 0 Å². The van der Waals surface area contributed by atoms with Crippen molar-refractivity contribution < 1.29 is 13.9 Å². The van der Waals surface area contributed by atoms with Crippen molar-refractivity contribution in [3.8, 4) is 5.75 Å². The largest absolute Gasteiger partial charge is 0.496 e. The Morgan fingerprint density at radius 3 is 2.52 bits per heavy atom. The molecule has 29 heavy (non-hydrogen) atoms. The molecule has 1 amide bonds. The minimum atomic E-state index is -0.179. The topological polar surface area (TPSA) is 41.6 Å². The summed E-state index contributed by atoms with van der Waals surface area (Å²) < 4.78 is 19.0. The zero-order valence-corrected chi connectivity index (χ0v) is 17.5. The van der Waals surface area contributed by atoms with E-state index in [1.807, 2.05) is 18.2 Å². The van der Waals surface area contributed by atoms with Crippen LogP contribution in [0.1, 0.15) is 47.6 Å². The summed E-state index contributed by atoms with van der Waals surface area (Å²) in [5, 5.41) is 3.07. The van der Waals surface area contributed by atoms with Crippen LogP contribution in [0, 0.1) is 17.7 Å². The molecule has 4 nitrogen and oxygen atoms in total. The first-order chi connectivity index (χ1) is 14.0. The molecule has 0 spiro atoms. The highest BCUT2D eigenvalue weighted by Crippen LogP contribution is 2.39. The molecule has 1 saturated carbocycles. The van der Waals surface area contributed by atoms with Crippen LogP contribution in [0.25, 0.3) is 0 Å². The van der Waals surface area contributed by atoms with Crippen molar-refractivity contribution in [2.45, 2.75) is 31.7 Å². The maximum Gasteiger partial charge on any atom is 0.255 e. The quantitative estimate of drug-likeness (QED) is 0.737. The number of amides is 1. The fraction of sp³-hybridized carbons (Fsp3) is 0.458. The normalized spacial score (nSPS) is 20.3. The number of nitrogens with one attached hydrogen (secondary N) is 1. The van der Waals surface area contributed by atoms with Crippen LogP contribution in [0.5, 0.6) is 5.75 Å². The van der Waals surface area contributed by atoms with Crippen LogP contribution in [0.4, 0.5) is 4.39 Å². The summed E-state index contributed by atoms with van der Waals surface area (Å²) in [7, 11) is 5.71. The Bertz CT molecular complexity index is 816. The smallest absolute Gasteiger partial charge is 0.255 e. The van der Waals surface area contributed by atoms with E-state index in [-0.39, 0.29) is 17.8 Å². The highest BCUT2D eigenvalue weighted by Gasteiger charge is 2.30. The lowest BCUT2D eigenvalue weighted by atomic mass is 9.76. The fourth-order valence-corrected chi connectivity index (χ4v) is 4.56. The van der Waals surface area contributed by atoms with Crippen LogP contribution in [-0.2, 0) is 0 Å². The molecule has 1 N–H and O–H groups in total. The fourth-order valence-electron chi connectivity index (χ4n) is 4.56. The average Bonchev–Trinajstić information content (AvgIpc) is 2.73. The van der Waals surface area contributed by atoms with Gasteiger partial charge in [0.15, 0.2) is 0 Å². The van der Waals surface area contributed by atoms with E-state index in [4.69, 9.17) is 4.74 Å². The van der Waals surface area contributed by atoms with Gasteiger partial charge in [0.05, 0.1) is 12.7 Å². The molecular formula is C24H31FN2O2. The Morgan fingerprint density at radius 1 is 1.14 bits per heavy atom. The maximum atomic E-state index is 13.7. The number of methoxy groups -OCH3 is 1. The van der Waals surface area contributed by atoms with Crippen molar-refractivity contribution in [1.29, 1.82) is 0 Å². The number of benzene rings is 2. The Balaban J connectivity index is 1.55. The van der Waals surface area contributed by atoms with Gasteiger partial charge in [-0.1, -0.05) is 24.3 Å². The molecule has 0 heterocycles. The number of hydrogen-bond acceptors (Lipinski definition) is 3. The number of hydrogen-bond donors (Lipinski definition) is 1. The first-order valence-electron chi connectivity index (χ1n) is 10.3. The molecular weight excluding hydrogens is 367 g/mol. The van der Waals surface area contributed by atoms with Crippen molar-refractivity contribution in [2.75, 3.05) is 27.7 Å². The molecule has 0 radical (unpaired) electrons. The summed E-state index contributed by atoms with van der Waals surface area (Å²) in [4.78, 5) is 14.7. The second-order valence-electron chi connectivity index (χ2n) is 8.15. The van der Waals surface area contributed by atoms with Gasteiger partial charge in [-0.15, -0.1) is 0 Å². The summed E-state index contributed by atoms with van der Waals surface area (Å²) in [5.74, 6) is 1.29. The predicted octanol–water partition coefficient (Wildman–Crippen LogP) is 4.67. The molecule has 3 rings (SSSR count). The second kappa shape index (κ2) is 9.88. The Kier molecular flexibility index (Phi) is 7.26. The molecule has 1 aliphatic carbocycles. The Labute approximate surface area is 173 Å². The Hall–Kier alpha value is -2.40. The molecule has 0 aromatic heterocycles. The van der Waals surface area contributed by atoms with Gasteiger partial charge < -0.3 is 15.0 Å². The molecule has 5 heteroatoms. The third kappa shape index (κ3) is 5.36. The average molecular weight is 399 g/mol. The number of rotatable bonds is 7. The molecule has 0 bridgehead atoms. The maximum absolute atomic E-state index is 13.7. The van der Waals surface area contributed by atoms with Gasteiger partial charge in [0.1, 0.15) is 11.6 Å². The lowest BCUT2D eigenvalue weighted by molar-refractivity contribution is 0.0931. The monoisotopic (exact) mass is 398 g/mol. The van der Waals surface area contributed by atoms with Gasteiger partial charge in [-0.05, 0) is 81.4 Å². The molecule has 1 atom stereocenters. The zero-order valence-electron chi connectivity index (χ0n) is 17.5. The van der Waals surface area contributed by atoms with E-state index in [1.165, 1.54) is 6.07 Å². The van der Waals surface area contributed by atoms with Gasteiger partial charge in [0.25, 0.3) is 5.91 Å². The number of ether oxygens (including phenoxy) is 1. The number of carbonyl (C=O) groups is 1. The van der Waals surface area contributed by atoms with Crippen LogP contribution in [-0.4, -0.2) is 38.6 Å². The molecule has 1 fully saturated rings. The molecule has 1 aliphatic rings. The summed E-state index contributed by atoms with van der Waals surface area (Å²) in [6, 6.07) is 14.5. The molecule has 2 aromatic rings. The number of nitrogens with zero attached hydrogens (tertiary/aromatic N) is 1. The SMILES string of the molecule is COc1ccccc1C(=O)NCC1CCC(C(c2cccc(F)c2)N(C)C)CC1. The summed E-state index contributed by atoms with van der Waals surface area (Å²) in [6.45, 7) is 0.677. The van der Waals surface area contributed by atoms with Gasteiger partial charge in [-0.2, -0.15) is 0 Å². The van der Waals surface area contributed by atoms with Crippen molar-refractivity contribution in [1.82, 2.24) is 10.2 Å². The van der Waals surface area contributed by atoms with Crippen LogP contribution in [0.2, 0.25) is 0 Å². The van der Waals surface area contributed by atoms with Crippen molar-refractivity contribution >= 4 is 5.91 Å². The van der Waals surface area contributed by atoms with E-state index in [9.17, 15) is 9.18 Å². The van der Waals surface area contributed by atoms with Crippen molar-refractivity contribution in [3.05, 3.63) is 65.5 Å². The van der Waals surface area contributed by atoms with Gasteiger partial charge in [0, 0.05) is 12.6 Å². The minimum absolute atomic E-state index is 0.0875. The lowest BCUT2D eigenvalue weighted by Crippen LogP contribution is -2.34. The van der Waals surface area contributed by atoms with Crippen LogP contribution in [0.3, 0.4) is 0 Å². The van der Waals surface area contributed by atoms with E-state index in [0.29, 0.717) is 29.7 Å². The van der Waals surface area contributed by atoms with Crippen LogP contribution >= 0.6 is 0 Å². The highest BCUT2D eigenvalue weighted by molar-refractivity contribution is 5.96. The third-order valence-corrected chi connectivity index (χ3v) is 5.99. The van der Waals surface area contributed by atoms with Gasteiger partial charge >= 0.3 is 0 Å². The minimum Gasteiger partial charge on any atom is -0.496 e. The van der Waals surface area contributed by atoms with Crippen LogP contribution in [0.15, 0.2) is 48.5 Å². The van der Waals surface area contributed by atoms with E-state index in [2.05, 4.69) is 24.3 Å². The molecule has 2 aromatic carbocycles. The number of carbonyl (C=O) groups excluding carboxylic acids is 1. The molecule has 0 aliphatic heterocycles. The second-order valence-corrected chi connectivity index (χ2v) is 8.15. The van der Waals surface area contributed by atoms with Gasteiger partial charge in [-0.25, -0.2) is 4.39 Å². The Morgan fingerprint density at radius 2 is 1.86 bits per heavy atom. The standard InChI is InChI=1S/C24H31FN2O2/c1-27(2)23(19-7-6-8-20(25)15-19)18-13-11-17(12-14-18)16-26-24(28)21-9-4-5-10-22(21)29-3/h4-10,15,17-18,23H,11-14,16H2,1-3H3,(H,26,28). The van der Waals surface area contributed by atoms with Crippen molar-refractivity contribution in [3.63, 3.8) is 0 Å². The van der Waals surface area contributed by atoms with E-state index in [0.717, 1.165) is 31.2 Å². The first-order valence-corrected chi connectivity index (χ1v) is 10.3. The molecule has 0 saturated heterocycles.